The van der Waals surface area contributed by atoms with E-state index in [9.17, 15) is 4.79 Å². The van der Waals surface area contributed by atoms with E-state index in [-0.39, 0.29) is 11.8 Å². The van der Waals surface area contributed by atoms with Crippen molar-refractivity contribution in [3.63, 3.8) is 0 Å². The Labute approximate surface area is 139 Å². The third kappa shape index (κ3) is 2.60. The zero-order valence-electron chi connectivity index (χ0n) is 13.0. The Balaban J connectivity index is 1.72. The van der Waals surface area contributed by atoms with Gasteiger partial charge in [0, 0.05) is 24.4 Å². The summed E-state index contributed by atoms with van der Waals surface area (Å²) in [5.41, 5.74) is 6.54. The predicted molar refractivity (Wildman–Crippen MR) is 92.0 cm³/mol. The molecular weight excluding hydrogens is 300 g/mol. The first-order valence-electron chi connectivity index (χ1n) is 7.82. The molecule has 0 spiro atoms. The van der Waals surface area contributed by atoms with Gasteiger partial charge in [0.05, 0.1) is 23.6 Å². The van der Waals surface area contributed by atoms with Crippen LogP contribution in [0.4, 0.5) is 0 Å². The van der Waals surface area contributed by atoms with E-state index >= 15 is 0 Å². The number of carbonyl (C=O) groups excluding carboxylic acids is 1. The fourth-order valence-electron chi connectivity index (χ4n) is 3.00. The normalized spacial score (nSPS) is 17.2. The van der Waals surface area contributed by atoms with E-state index in [2.05, 4.69) is 15.5 Å². The highest BCUT2D eigenvalue weighted by atomic mass is 16.2. The van der Waals surface area contributed by atoms with Crippen LogP contribution in [0.15, 0.2) is 78.4 Å². The molecule has 4 rings (SSSR count). The van der Waals surface area contributed by atoms with Gasteiger partial charge in [0.25, 0.3) is 0 Å². The summed E-state index contributed by atoms with van der Waals surface area (Å²) in [6.07, 6.45) is 5.97. The second-order valence-corrected chi connectivity index (χ2v) is 5.69. The minimum absolute atomic E-state index is 0.0648. The maximum atomic E-state index is 12.3. The van der Waals surface area contributed by atoms with Crippen LogP contribution in [0.2, 0.25) is 0 Å². The molecule has 0 bridgehead atoms. The molecule has 118 valence electrons. The van der Waals surface area contributed by atoms with E-state index in [1.54, 1.807) is 12.5 Å². The summed E-state index contributed by atoms with van der Waals surface area (Å²) in [5, 5.41) is 4.31. The van der Waals surface area contributed by atoms with Gasteiger partial charge in [-0.1, -0.05) is 48.5 Å². The average molecular weight is 316 g/mol. The predicted octanol–water partition coefficient (Wildman–Crippen LogP) is 2.88. The molecule has 1 atom stereocenters. The number of hydrogen-bond donors (Lipinski definition) is 1. The van der Waals surface area contributed by atoms with Crippen molar-refractivity contribution in [2.75, 3.05) is 0 Å². The number of hydrogen-bond acceptors (Lipinski definition) is 3. The van der Waals surface area contributed by atoms with E-state index in [1.807, 2.05) is 65.4 Å². The molecule has 1 unspecified atom stereocenters. The first-order chi connectivity index (χ1) is 11.8. The van der Waals surface area contributed by atoms with Crippen LogP contribution in [0, 0.1) is 0 Å². The monoisotopic (exact) mass is 316 g/mol. The van der Waals surface area contributed by atoms with Gasteiger partial charge in [-0.15, -0.1) is 0 Å². The average Bonchev–Trinajstić information content (AvgIpc) is 3.17. The van der Waals surface area contributed by atoms with Gasteiger partial charge in [0.1, 0.15) is 0 Å². The topological polar surface area (TPSA) is 59.3 Å². The number of hydrazone groups is 1. The Morgan fingerprint density at radius 1 is 1.04 bits per heavy atom. The Morgan fingerprint density at radius 2 is 1.83 bits per heavy atom. The molecule has 24 heavy (non-hydrogen) atoms. The van der Waals surface area contributed by atoms with Crippen molar-refractivity contribution in [3.8, 4) is 5.69 Å². The van der Waals surface area contributed by atoms with Crippen LogP contribution in [0.3, 0.4) is 0 Å². The molecule has 1 N–H and O–H groups in total. The van der Waals surface area contributed by atoms with E-state index in [1.165, 1.54) is 0 Å². The lowest BCUT2D eigenvalue weighted by Crippen LogP contribution is -2.33. The summed E-state index contributed by atoms with van der Waals surface area (Å²) < 4.78 is 1.95. The van der Waals surface area contributed by atoms with Crippen molar-refractivity contribution in [1.82, 2.24) is 15.0 Å². The highest BCUT2D eigenvalue weighted by molar-refractivity contribution is 6.08. The van der Waals surface area contributed by atoms with E-state index in [0.29, 0.717) is 6.42 Å². The maximum absolute atomic E-state index is 12.3. The van der Waals surface area contributed by atoms with Gasteiger partial charge in [0.2, 0.25) is 5.91 Å². The maximum Gasteiger partial charge on any atom is 0.248 e. The van der Waals surface area contributed by atoms with Crippen LogP contribution >= 0.6 is 0 Å². The number of amides is 1. The van der Waals surface area contributed by atoms with Gasteiger partial charge in [-0.3, -0.25) is 4.79 Å². The molecule has 5 heteroatoms. The molecule has 0 aliphatic carbocycles. The summed E-state index contributed by atoms with van der Waals surface area (Å²) in [6.45, 7) is 0. The fourth-order valence-corrected chi connectivity index (χ4v) is 3.00. The minimum Gasteiger partial charge on any atom is -0.306 e. The Bertz CT molecular complexity index is 885. The Kier molecular flexibility index (Phi) is 3.67. The largest absolute Gasteiger partial charge is 0.306 e. The van der Waals surface area contributed by atoms with Crippen LogP contribution in [-0.2, 0) is 4.79 Å². The number of imidazole rings is 1. The number of nitrogens with one attached hydrogen (secondary N) is 1. The van der Waals surface area contributed by atoms with Gasteiger partial charge >= 0.3 is 0 Å². The van der Waals surface area contributed by atoms with Gasteiger partial charge in [-0.25, -0.2) is 10.4 Å². The molecule has 3 aromatic rings. The Morgan fingerprint density at radius 3 is 2.62 bits per heavy atom. The molecular formula is C19H16N4O. The number of para-hydroxylation sites is 1. The lowest BCUT2D eigenvalue weighted by Gasteiger charge is -2.23. The SMILES string of the molecule is O=C1NN=C(c2ccccc2-n2ccnc2)CC1c1ccccc1. The van der Waals surface area contributed by atoms with Crippen LogP contribution < -0.4 is 5.43 Å². The quantitative estimate of drug-likeness (QED) is 0.807. The number of benzene rings is 2. The van der Waals surface area contributed by atoms with Crippen molar-refractivity contribution in [2.24, 2.45) is 5.10 Å². The molecule has 5 nitrogen and oxygen atoms in total. The van der Waals surface area contributed by atoms with E-state index in [0.717, 1.165) is 22.5 Å². The zero-order chi connectivity index (χ0) is 16.4. The van der Waals surface area contributed by atoms with Crippen molar-refractivity contribution < 1.29 is 4.79 Å². The first-order valence-corrected chi connectivity index (χ1v) is 7.82. The van der Waals surface area contributed by atoms with Crippen molar-refractivity contribution in [1.29, 1.82) is 0 Å². The highest BCUT2D eigenvalue weighted by Gasteiger charge is 2.28. The number of rotatable bonds is 3. The van der Waals surface area contributed by atoms with Gasteiger partial charge < -0.3 is 4.57 Å². The molecule has 1 aliphatic rings. The molecule has 0 fully saturated rings. The van der Waals surface area contributed by atoms with Crippen molar-refractivity contribution in [3.05, 3.63) is 84.4 Å². The molecule has 2 aromatic carbocycles. The zero-order valence-corrected chi connectivity index (χ0v) is 13.0. The second-order valence-electron chi connectivity index (χ2n) is 5.69. The molecule has 1 aliphatic heterocycles. The molecule has 1 aromatic heterocycles. The third-order valence-corrected chi connectivity index (χ3v) is 4.21. The Hall–Kier alpha value is -3.21. The van der Waals surface area contributed by atoms with Crippen LogP contribution in [0.1, 0.15) is 23.5 Å². The number of aromatic nitrogens is 2. The summed E-state index contributed by atoms with van der Waals surface area (Å²) in [5.74, 6) is -0.292. The summed E-state index contributed by atoms with van der Waals surface area (Å²) in [4.78, 5) is 16.4. The summed E-state index contributed by atoms with van der Waals surface area (Å²) in [6, 6.07) is 17.8. The van der Waals surface area contributed by atoms with Gasteiger partial charge in [-0.2, -0.15) is 5.10 Å². The standard InChI is InChI=1S/C19H16N4O/c24-19-16(14-6-2-1-3-7-14)12-17(21-22-19)15-8-4-5-9-18(15)23-11-10-20-13-23/h1-11,13,16H,12H2,(H,22,24). The van der Waals surface area contributed by atoms with Crippen LogP contribution in [0.5, 0.6) is 0 Å². The highest BCUT2D eigenvalue weighted by Crippen LogP contribution is 2.27. The molecule has 1 amide bonds. The molecule has 0 radical (unpaired) electrons. The van der Waals surface area contributed by atoms with Crippen LogP contribution in [-0.4, -0.2) is 21.2 Å². The fraction of sp³-hybridized carbons (Fsp3) is 0.105. The second kappa shape index (κ2) is 6.12. The lowest BCUT2D eigenvalue weighted by atomic mass is 9.89. The lowest BCUT2D eigenvalue weighted by molar-refractivity contribution is -0.122. The van der Waals surface area contributed by atoms with Gasteiger partial charge in [0.15, 0.2) is 0 Å². The van der Waals surface area contributed by atoms with E-state index in [4.69, 9.17) is 0 Å². The van der Waals surface area contributed by atoms with E-state index < -0.39 is 0 Å². The van der Waals surface area contributed by atoms with Crippen LogP contribution in [0.25, 0.3) is 5.69 Å². The smallest absolute Gasteiger partial charge is 0.248 e. The summed E-state index contributed by atoms with van der Waals surface area (Å²) >= 11 is 0. The number of nitrogens with zero attached hydrogens (tertiary/aromatic N) is 3. The third-order valence-electron chi connectivity index (χ3n) is 4.21. The molecule has 0 saturated carbocycles. The number of carbonyl (C=O) groups is 1. The first kappa shape index (κ1) is 14.4. The summed E-state index contributed by atoms with van der Waals surface area (Å²) in [7, 11) is 0. The molecule has 0 saturated heterocycles. The van der Waals surface area contributed by atoms with Crippen molar-refractivity contribution in [2.45, 2.75) is 12.3 Å². The molecule has 2 heterocycles. The van der Waals surface area contributed by atoms with Gasteiger partial charge in [-0.05, 0) is 11.6 Å². The minimum atomic E-state index is -0.227. The van der Waals surface area contributed by atoms with Crippen molar-refractivity contribution >= 4 is 11.6 Å².